The Morgan fingerprint density at radius 2 is 1.56 bits per heavy atom. The van der Waals surface area contributed by atoms with Gasteiger partial charge >= 0.3 is 0 Å². The Hall–Kier alpha value is -2.53. The van der Waals surface area contributed by atoms with Crippen molar-refractivity contribution in [2.45, 2.75) is 33.5 Å². The molecule has 0 bridgehead atoms. The lowest BCUT2D eigenvalue weighted by atomic mass is 10.1. The highest BCUT2D eigenvalue weighted by Crippen LogP contribution is 2.16. The molecule has 2 aromatic rings. The molecule has 0 saturated heterocycles. The third kappa shape index (κ3) is 6.61. The number of benzene rings is 2. The van der Waals surface area contributed by atoms with E-state index in [2.05, 4.69) is 58.6 Å². The van der Waals surface area contributed by atoms with E-state index in [1.54, 1.807) is 14.2 Å². The van der Waals surface area contributed by atoms with Gasteiger partial charge in [0.2, 0.25) is 0 Å². The van der Waals surface area contributed by atoms with Crippen LogP contribution in [0.4, 0.5) is 0 Å². The third-order valence-corrected chi connectivity index (χ3v) is 4.65. The second-order valence-corrected chi connectivity index (χ2v) is 6.37. The molecular weight excluding hydrogens is 336 g/mol. The summed E-state index contributed by atoms with van der Waals surface area (Å²) < 4.78 is 5.39. The van der Waals surface area contributed by atoms with E-state index in [9.17, 15) is 0 Å². The van der Waals surface area contributed by atoms with Gasteiger partial charge < -0.3 is 15.4 Å². The monoisotopic (exact) mass is 368 g/mol. The summed E-state index contributed by atoms with van der Waals surface area (Å²) in [5.74, 6) is 1.65. The van der Waals surface area contributed by atoms with Crippen LogP contribution in [0.3, 0.4) is 0 Å². The lowest BCUT2D eigenvalue weighted by Gasteiger charge is -2.18. The van der Waals surface area contributed by atoms with E-state index >= 15 is 0 Å². The number of ether oxygens (including phenoxy) is 1. The van der Waals surface area contributed by atoms with E-state index in [1.165, 1.54) is 11.1 Å². The summed E-state index contributed by atoms with van der Waals surface area (Å²) in [5, 5.41) is 6.70. The van der Waals surface area contributed by atoms with Crippen LogP contribution in [0.5, 0.6) is 5.75 Å². The molecule has 0 aliphatic rings. The van der Waals surface area contributed by atoms with E-state index in [-0.39, 0.29) is 0 Å². The Morgan fingerprint density at radius 3 is 2.19 bits per heavy atom. The fourth-order valence-corrected chi connectivity index (χ4v) is 2.90. The Kier molecular flexibility index (Phi) is 8.65. The number of hydrogen-bond acceptors (Lipinski definition) is 3. The molecule has 2 N–H and O–H groups in total. The van der Waals surface area contributed by atoms with E-state index in [1.807, 2.05) is 24.3 Å². The Bertz CT molecular complexity index is 709. The van der Waals surface area contributed by atoms with Gasteiger partial charge in [0.15, 0.2) is 5.96 Å². The van der Waals surface area contributed by atoms with Crippen molar-refractivity contribution in [3.63, 3.8) is 0 Å². The van der Waals surface area contributed by atoms with Crippen LogP contribution >= 0.6 is 0 Å². The Morgan fingerprint density at radius 1 is 0.926 bits per heavy atom. The van der Waals surface area contributed by atoms with Crippen LogP contribution in [0.15, 0.2) is 53.5 Å². The summed E-state index contributed by atoms with van der Waals surface area (Å²) in [6, 6.07) is 16.8. The number of guanidine groups is 1. The largest absolute Gasteiger partial charge is 0.496 e. The minimum atomic E-state index is 0.659. The van der Waals surface area contributed by atoms with Gasteiger partial charge in [-0.2, -0.15) is 0 Å². The molecule has 0 unspecified atom stereocenters. The highest BCUT2D eigenvalue weighted by molar-refractivity contribution is 5.79. The molecule has 2 aromatic carbocycles. The quantitative estimate of drug-likeness (QED) is 0.526. The smallest absolute Gasteiger partial charge is 0.191 e. The van der Waals surface area contributed by atoms with Crippen LogP contribution in [0.2, 0.25) is 0 Å². The summed E-state index contributed by atoms with van der Waals surface area (Å²) in [6.45, 7) is 8.95. The van der Waals surface area contributed by atoms with Gasteiger partial charge in [-0.3, -0.25) is 9.89 Å². The first-order valence-corrected chi connectivity index (χ1v) is 9.56. The second-order valence-electron chi connectivity index (χ2n) is 6.37. The van der Waals surface area contributed by atoms with Crippen molar-refractivity contribution in [2.75, 3.05) is 27.2 Å². The van der Waals surface area contributed by atoms with Crippen molar-refractivity contribution >= 4 is 5.96 Å². The van der Waals surface area contributed by atoms with Crippen molar-refractivity contribution < 1.29 is 4.74 Å². The van der Waals surface area contributed by atoms with Crippen molar-refractivity contribution in [2.24, 2.45) is 4.99 Å². The van der Waals surface area contributed by atoms with Crippen LogP contribution in [-0.2, 0) is 19.6 Å². The van der Waals surface area contributed by atoms with Gasteiger partial charge in [-0.25, -0.2) is 0 Å². The molecule has 0 fully saturated rings. The Balaban J connectivity index is 1.85. The molecule has 5 nitrogen and oxygen atoms in total. The minimum absolute atomic E-state index is 0.659. The zero-order chi connectivity index (χ0) is 19.5. The molecule has 2 rings (SSSR count). The average Bonchev–Trinajstić information content (AvgIpc) is 2.73. The van der Waals surface area contributed by atoms with Crippen molar-refractivity contribution in [3.05, 3.63) is 65.2 Å². The molecule has 5 heteroatoms. The van der Waals surface area contributed by atoms with Gasteiger partial charge in [-0.05, 0) is 30.3 Å². The molecule has 27 heavy (non-hydrogen) atoms. The van der Waals surface area contributed by atoms with Crippen LogP contribution < -0.4 is 15.4 Å². The lowest BCUT2D eigenvalue weighted by molar-refractivity contribution is 0.296. The average molecular weight is 369 g/mol. The fourth-order valence-electron chi connectivity index (χ4n) is 2.90. The third-order valence-electron chi connectivity index (χ3n) is 4.65. The summed E-state index contributed by atoms with van der Waals surface area (Å²) in [4.78, 5) is 6.71. The van der Waals surface area contributed by atoms with Gasteiger partial charge in [0.25, 0.3) is 0 Å². The molecule has 0 aromatic heterocycles. The van der Waals surface area contributed by atoms with E-state index in [4.69, 9.17) is 4.74 Å². The number of nitrogens with one attached hydrogen (secondary N) is 2. The maximum atomic E-state index is 5.39. The van der Waals surface area contributed by atoms with Crippen LogP contribution in [0.25, 0.3) is 0 Å². The Labute approximate surface area is 163 Å². The van der Waals surface area contributed by atoms with Gasteiger partial charge in [-0.15, -0.1) is 0 Å². The van der Waals surface area contributed by atoms with Crippen molar-refractivity contribution in [3.8, 4) is 5.75 Å². The predicted molar refractivity (Wildman–Crippen MR) is 113 cm³/mol. The van der Waals surface area contributed by atoms with Crippen LogP contribution in [0, 0.1) is 0 Å². The first kappa shape index (κ1) is 20.8. The molecule has 0 saturated carbocycles. The summed E-state index contributed by atoms with van der Waals surface area (Å²) >= 11 is 0. The number of aliphatic imine (C=N–C) groups is 1. The van der Waals surface area contributed by atoms with E-state index in [0.29, 0.717) is 6.54 Å². The van der Waals surface area contributed by atoms with Crippen molar-refractivity contribution in [1.29, 1.82) is 0 Å². The lowest BCUT2D eigenvalue weighted by Crippen LogP contribution is -2.36. The number of nitrogens with zero attached hydrogens (tertiary/aromatic N) is 2. The van der Waals surface area contributed by atoms with Gasteiger partial charge in [-0.1, -0.05) is 56.3 Å². The molecule has 0 radical (unpaired) electrons. The van der Waals surface area contributed by atoms with E-state index < -0.39 is 0 Å². The summed E-state index contributed by atoms with van der Waals surface area (Å²) in [7, 11) is 3.47. The number of hydrogen-bond donors (Lipinski definition) is 2. The molecule has 146 valence electrons. The van der Waals surface area contributed by atoms with Crippen LogP contribution in [-0.4, -0.2) is 38.1 Å². The molecule has 0 atom stereocenters. The SMILES string of the molecule is CCN(CC)Cc1ccc(CNC(=NC)NCc2ccccc2OC)cc1. The standard InChI is InChI=1S/C22H32N4O/c1-5-26(6-2)17-19-13-11-18(12-14-19)15-24-22(23-3)25-16-20-9-7-8-10-21(20)27-4/h7-14H,5-6,15-17H2,1-4H3,(H2,23,24,25). The van der Waals surface area contributed by atoms with E-state index in [0.717, 1.165) is 43.5 Å². The predicted octanol–water partition coefficient (Wildman–Crippen LogP) is 3.40. The summed E-state index contributed by atoms with van der Waals surface area (Å²) in [6.07, 6.45) is 0. The van der Waals surface area contributed by atoms with Crippen molar-refractivity contribution in [1.82, 2.24) is 15.5 Å². The molecule has 0 aliphatic carbocycles. The maximum Gasteiger partial charge on any atom is 0.191 e. The zero-order valence-corrected chi connectivity index (χ0v) is 17.0. The fraction of sp³-hybridized carbons (Fsp3) is 0.409. The molecular formula is C22H32N4O. The van der Waals surface area contributed by atoms with Gasteiger partial charge in [0.05, 0.1) is 7.11 Å². The highest BCUT2D eigenvalue weighted by atomic mass is 16.5. The number of methoxy groups -OCH3 is 1. The highest BCUT2D eigenvalue weighted by Gasteiger charge is 2.04. The molecule has 0 heterocycles. The maximum absolute atomic E-state index is 5.39. The summed E-state index contributed by atoms with van der Waals surface area (Å²) in [5.41, 5.74) is 3.68. The molecule has 0 amide bonds. The van der Waals surface area contributed by atoms with Gasteiger partial charge in [0.1, 0.15) is 5.75 Å². The van der Waals surface area contributed by atoms with Crippen LogP contribution in [0.1, 0.15) is 30.5 Å². The number of para-hydroxylation sites is 1. The normalized spacial score (nSPS) is 11.5. The molecule has 0 spiro atoms. The first-order valence-electron chi connectivity index (χ1n) is 9.56. The topological polar surface area (TPSA) is 48.9 Å². The minimum Gasteiger partial charge on any atom is -0.496 e. The van der Waals surface area contributed by atoms with Gasteiger partial charge in [0, 0.05) is 32.2 Å². The first-order chi connectivity index (χ1) is 13.2. The second kappa shape index (κ2) is 11.2. The molecule has 0 aliphatic heterocycles. The zero-order valence-electron chi connectivity index (χ0n) is 17.0. The number of rotatable bonds is 9.